The van der Waals surface area contributed by atoms with Gasteiger partial charge in [0, 0.05) is 115 Å². The van der Waals surface area contributed by atoms with E-state index < -0.39 is 17.8 Å². The Balaban J connectivity index is 0.000000113. The number of H-pyrrole nitrogens is 1. The van der Waals surface area contributed by atoms with Crippen LogP contribution in [0.5, 0.6) is 11.6 Å². The van der Waals surface area contributed by atoms with Crippen LogP contribution >= 0.6 is 0 Å². The zero-order valence-corrected chi connectivity index (χ0v) is 83.1. The minimum absolute atomic E-state index is 0.00237. The number of pyridine rings is 1. The van der Waals surface area contributed by atoms with Crippen molar-refractivity contribution in [1.29, 1.82) is 0 Å². The third-order valence-electron chi connectivity index (χ3n) is 28.5. The van der Waals surface area contributed by atoms with Crippen LogP contribution in [0.25, 0.3) is 131 Å². The number of amides is 2. The van der Waals surface area contributed by atoms with Gasteiger partial charge in [0.2, 0.25) is 17.7 Å². The molecule has 149 heavy (non-hydrogen) atoms. The highest BCUT2D eigenvalue weighted by Gasteiger charge is 2.40. The standard InChI is InChI=1S/C22H21NO5.C22H23NO4.C20H20N2O3.C19H18N2O5.C18H15NO4.C14H11N3O3/c1-27-10-2-3-18(25)14-4-7-16-13(11-14)5-9-20-21(16)22(23-28-20)17-8-6-15(24)12-19(17)26;1-26-11-3-2-4-14-5-8-17-15(12-14)6-10-20-21(17)22(23-27-20)18-9-7-16(24)13-19(18)25;1-22(2)11-12-3-6-15-13(9-12)4-8-18-19(15)20(21-25-18)16-7-5-14(23)10-17(16)24;1-24-8-9-25-17-7-4-12-14(20-17)5-6-16-18(12)19(21-26-16)13-3-2-11(22)10-15(13)23;1-22-12-4-6-13-10(8-12)2-7-16-17(13)18(19-23-16)14-5-3-11(20)9-15(14)21;18-11-4-1-8(14(19)16-11)13-12-7-5-6-15-9(7)2-3-10(12)20-17-13/h4-5,7,9,11,17H,2-3,6,8,10,12H2,1H3;5-6,8,10,12,18H,2-4,7,9,11,13H2,1H3;3-4,6,8-9,16H,5,7,10-11H2,1-2H3;4-7,13H,2-3,8-10H2,1H3;2,4,6-8,14H,3,5,9H2,1H3;2-3,5-6,8,17H,1,4H2,(H,16,18,19). The number of aromatic amines is 1. The van der Waals surface area contributed by atoms with E-state index >= 15 is 0 Å². The molecule has 1 saturated heterocycles. The second-order valence-electron chi connectivity index (χ2n) is 38.7. The van der Waals surface area contributed by atoms with Gasteiger partial charge in [-0.3, -0.25) is 72.6 Å². The van der Waals surface area contributed by atoms with Gasteiger partial charge in [0.25, 0.3) is 0 Å². The average Bonchev–Trinajstić information content (AvgIpc) is 1.65. The summed E-state index contributed by atoms with van der Waals surface area (Å²) in [4.78, 5) is 166. The first-order valence-corrected chi connectivity index (χ1v) is 50.0. The van der Waals surface area contributed by atoms with Crippen LogP contribution in [0.3, 0.4) is 0 Å². The van der Waals surface area contributed by atoms with Crippen LogP contribution in [0.1, 0.15) is 226 Å². The lowest BCUT2D eigenvalue weighted by Gasteiger charge is -2.19. The van der Waals surface area contributed by atoms with Crippen LogP contribution in [-0.2, 0) is 84.7 Å². The number of aryl methyl sites for hydroxylation is 1. The van der Waals surface area contributed by atoms with E-state index in [0.29, 0.717) is 189 Å². The number of aromatic nitrogens is 8. The Bertz CT molecular complexity index is 8330. The molecule has 10 aromatic carbocycles. The zero-order chi connectivity index (χ0) is 104. The maximum atomic E-state index is 12.4. The molecule has 34 heteroatoms. The van der Waals surface area contributed by atoms with Crippen molar-refractivity contribution < 1.29 is 113 Å². The predicted molar refractivity (Wildman–Crippen MR) is 551 cm³/mol. The molecule has 34 nitrogen and oxygen atoms in total. The van der Waals surface area contributed by atoms with Gasteiger partial charge in [-0.15, -0.1) is 0 Å². The minimum atomic E-state index is -0.417. The Kier molecular flexibility index (Phi) is 30.8. The molecule has 6 atom stereocenters. The van der Waals surface area contributed by atoms with Crippen LogP contribution in [0.15, 0.2) is 197 Å². The van der Waals surface area contributed by atoms with Gasteiger partial charge >= 0.3 is 0 Å². The largest absolute Gasteiger partial charge is 0.497 e. The Morgan fingerprint density at radius 2 is 0.779 bits per heavy atom. The molecule has 8 aromatic heterocycles. The maximum Gasteiger partial charge on any atom is 0.235 e. The number of rotatable bonds is 23. The molecule has 9 heterocycles. The number of Topliss-reactive ketones (excluding diaryl/α,β-unsaturated/α-hetero) is 11. The van der Waals surface area contributed by atoms with Gasteiger partial charge in [-0.25, -0.2) is 10.1 Å². The number of hydrogen-bond donors (Lipinski definition) is 2. The van der Waals surface area contributed by atoms with Gasteiger partial charge in [-0.1, -0.05) is 92.5 Å². The van der Waals surface area contributed by atoms with Crippen LogP contribution in [0, 0.1) is 0 Å². The van der Waals surface area contributed by atoms with E-state index in [4.69, 9.17) is 50.8 Å². The van der Waals surface area contributed by atoms with Gasteiger partial charge in [0.05, 0.1) is 130 Å². The zero-order valence-electron chi connectivity index (χ0n) is 83.1. The highest BCUT2D eigenvalue weighted by Crippen LogP contribution is 2.45. The van der Waals surface area contributed by atoms with E-state index in [-0.39, 0.29) is 125 Å². The monoisotopic (exact) mass is 2010 g/mol. The number of nitrogens with one attached hydrogen (secondary N) is 2. The van der Waals surface area contributed by atoms with E-state index in [0.717, 1.165) is 135 Å². The fraction of sp³-hybridized carbons (Fsp3) is 0.339. The number of hydrogen-bond acceptors (Lipinski definition) is 32. The number of carbonyl (C=O) groups excluding carboxylic acids is 13. The second kappa shape index (κ2) is 45.1. The number of methoxy groups -OCH3 is 4. The lowest BCUT2D eigenvalue weighted by molar-refractivity contribution is -0.135. The predicted octanol–water partition coefficient (Wildman–Crippen LogP) is 19.8. The molecule has 6 fully saturated rings. The molecule has 24 rings (SSSR count). The first-order valence-electron chi connectivity index (χ1n) is 50.0. The molecule has 0 bridgehead atoms. The number of piperidine rings is 1. The van der Waals surface area contributed by atoms with Crippen LogP contribution in [0.4, 0.5) is 0 Å². The summed E-state index contributed by atoms with van der Waals surface area (Å²) >= 11 is 0. The van der Waals surface area contributed by atoms with E-state index in [2.05, 4.69) is 87.5 Å². The van der Waals surface area contributed by atoms with Gasteiger partial charge in [0.1, 0.15) is 98.7 Å². The minimum Gasteiger partial charge on any atom is -0.497 e. The van der Waals surface area contributed by atoms with Crippen molar-refractivity contribution in [3.8, 4) is 11.6 Å². The number of ketones is 11. The molecule has 5 aliphatic carbocycles. The lowest BCUT2D eigenvalue weighted by atomic mass is 9.83. The number of imide groups is 1. The van der Waals surface area contributed by atoms with Crippen molar-refractivity contribution in [1.82, 2.24) is 51.1 Å². The summed E-state index contributed by atoms with van der Waals surface area (Å²) in [6.07, 6.45) is 11.3. The molecule has 6 aliphatic rings. The summed E-state index contributed by atoms with van der Waals surface area (Å²) in [5, 5.41) is 41.1. The maximum absolute atomic E-state index is 12.4. The van der Waals surface area contributed by atoms with Crippen molar-refractivity contribution in [2.45, 2.75) is 183 Å². The Hall–Kier alpha value is -16.0. The van der Waals surface area contributed by atoms with Gasteiger partial charge in [0.15, 0.2) is 39.3 Å². The molecular weight excluding hydrogens is 1910 g/mol. The highest BCUT2D eigenvalue weighted by atomic mass is 16.5. The molecule has 5 saturated carbocycles. The first-order chi connectivity index (χ1) is 72.3. The molecule has 2 N–H and O–H groups in total. The summed E-state index contributed by atoms with van der Waals surface area (Å²) in [5.41, 5.74) is 12.6. The molecule has 2 amide bonds. The molecule has 18 aromatic rings. The normalized spacial score (nSPS) is 18.3. The van der Waals surface area contributed by atoms with E-state index in [1.54, 1.807) is 52.8 Å². The lowest BCUT2D eigenvalue weighted by Crippen LogP contribution is -2.39. The highest BCUT2D eigenvalue weighted by molar-refractivity contribution is 6.18. The number of fused-ring (bicyclic) bond motifs is 18. The summed E-state index contributed by atoms with van der Waals surface area (Å²) in [5.74, 6) is -1.76. The van der Waals surface area contributed by atoms with Crippen molar-refractivity contribution in [2.24, 2.45) is 0 Å². The smallest absolute Gasteiger partial charge is 0.235 e. The number of nitrogens with zero attached hydrogens (tertiary/aromatic N) is 8. The number of unbranched alkanes of at least 4 members (excludes halogenated alkanes) is 1. The number of ether oxygens (including phenoxy) is 5. The van der Waals surface area contributed by atoms with Crippen molar-refractivity contribution in [2.75, 3.05) is 69.0 Å². The number of benzene rings is 10. The Labute approximate surface area is 850 Å². The Morgan fingerprint density at radius 1 is 0.376 bits per heavy atom. The molecular formula is C115H108N10O24. The van der Waals surface area contributed by atoms with Crippen LogP contribution in [0.2, 0.25) is 0 Å². The average molecular weight is 2010 g/mol. The fourth-order valence-corrected chi connectivity index (χ4v) is 21.0. The van der Waals surface area contributed by atoms with E-state index in [1.807, 2.05) is 123 Å². The van der Waals surface area contributed by atoms with Gasteiger partial charge in [-0.05, 0) is 224 Å². The van der Waals surface area contributed by atoms with Crippen molar-refractivity contribution in [3.05, 3.63) is 221 Å². The van der Waals surface area contributed by atoms with Crippen LogP contribution < -0.4 is 14.8 Å². The Morgan fingerprint density at radius 3 is 1.24 bits per heavy atom. The van der Waals surface area contributed by atoms with Crippen LogP contribution in [-0.4, -0.2) is 190 Å². The molecule has 1 aliphatic heterocycles. The fourth-order valence-electron chi connectivity index (χ4n) is 21.0. The summed E-state index contributed by atoms with van der Waals surface area (Å²) in [7, 11) is 10.7. The quantitative estimate of drug-likeness (QED) is 0.0260. The first kappa shape index (κ1) is 102. The van der Waals surface area contributed by atoms with E-state index in [9.17, 15) is 62.3 Å². The molecule has 762 valence electrons. The number of carbonyl (C=O) groups is 13. The van der Waals surface area contributed by atoms with E-state index in [1.165, 1.54) is 11.1 Å². The third kappa shape index (κ3) is 21.9. The summed E-state index contributed by atoms with van der Waals surface area (Å²) in [6.45, 7) is 3.11. The second-order valence-corrected chi connectivity index (χ2v) is 38.7. The SMILES string of the molecule is CN(C)Cc1ccc2c(ccc3onc(C4CCC(=O)CC4=O)c32)c1.COCCCC(=O)c1ccc2c(ccc3onc(C4CCC(=O)CC4=O)c32)c1.COCCCCc1ccc2c(ccc3onc(C4CCC(=O)CC4=O)c32)c1.COCCOc1ccc2c(ccc3onc(C4CCC(=O)CC4=O)c32)n1.COc1ccc2c(ccc3onc(C4CCC(=O)CC4=O)c32)c1.O=C1CCC(c2[nH]oc3ccc4nccc4c23)C(=O)N1. The van der Waals surface area contributed by atoms with Crippen molar-refractivity contribution >= 4 is 206 Å². The summed E-state index contributed by atoms with van der Waals surface area (Å²) in [6, 6.07) is 52.4. The molecule has 0 radical (unpaired) electrons. The summed E-state index contributed by atoms with van der Waals surface area (Å²) < 4.78 is 58.6. The molecule has 0 spiro atoms. The topological polar surface area (TPSA) is 468 Å². The molecule has 6 unspecified atom stereocenters. The van der Waals surface area contributed by atoms with Crippen molar-refractivity contribution in [3.63, 3.8) is 0 Å². The third-order valence-corrected chi connectivity index (χ3v) is 28.5. The van der Waals surface area contributed by atoms with Gasteiger partial charge < -0.3 is 55.7 Å². The van der Waals surface area contributed by atoms with Gasteiger partial charge in [-0.2, -0.15) is 0 Å².